The summed E-state index contributed by atoms with van der Waals surface area (Å²) in [5.41, 5.74) is 8.95. The molecule has 0 saturated heterocycles. The number of carbonyl (C=O) groups excluding carboxylic acids is 1. The molecule has 2 aromatic heterocycles. The molecule has 2 aliphatic carbocycles. The van der Waals surface area contributed by atoms with Crippen molar-refractivity contribution in [3.63, 3.8) is 0 Å². The monoisotopic (exact) mass is 371 g/mol. The Morgan fingerprint density at radius 1 is 1.44 bits per heavy atom. The van der Waals surface area contributed by atoms with Gasteiger partial charge in [-0.1, -0.05) is 17.4 Å². The lowest BCUT2D eigenvalue weighted by molar-refractivity contribution is 0.0948. The molecule has 1 amide bonds. The van der Waals surface area contributed by atoms with Crippen LogP contribution in [0, 0.1) is 17.8 Å². The topological polar surface area (TPSA) is 140 Å². The summed E-state index contributed by atoms with van der Waals surface area (Å²) in [6, 6.07) is 0. The third kappa shape index (κ3) is 3.33. The number of nitrogen functional groups attached to an aromatic ring is 1. The zero-order valence-electron chi connectivity index (χ0n) is 15.1. The molecule has 2 heterocycles. The van der Waals surface area contributed by atoms with Crippen molar-refractivity contribution < 1.29 is 9.42 Å². The van der Waals surface area contributed by atoms with Gasteiger partial charge in [0.1, 0.15) is 0 Å². The molecule has 2 aromatic rings. The van der Waals surface area contributed by atoms with Gasteiger partial charge in [0.05, 0.1) is 5.69 Å². The summed E-state index contributed by atoms with van der Waals surface area (Å²) >= 11 is 0. The first-order valence-electron chi connectivity index (χ1n) is 8.72. The summed E-state index contributed by atoms with van der Waals surface area (Å²) in [5, 5.41) is 19.4. The van der Waals surface area contributed by atoms with Crippen molar-refractivity contribution in [2.75, 3.05) is 19.8 Å². The van der Waals surface area contributed by atoms with Gasteiger partial charge in [0, 0.05) is 18.7 Å². The summed E-state index contributed by atoms with van der Waals surface area (Å²) in [7, 11) is 3.73. The van der Waals surface area contributed by atoms with Gasteiger partial charge in [-0.05, 0) is 49.1 Å². The van der Waals surface area contributed by atoms with Gasteiger partial charge in [-0.25, -0.2) is 10.1 Å². The van der Waals surface area contributed by atoms with Crippen LogP contribution in [0.2, 0.25) is 0 Å². The maximum atomic E-state index is 12.6. The first-order valence-corrected chi connectivity index (χ1v) is 8.72. The van der Waals surface area contributed by atoms with Gasteiger partial charge < -0.3 is 10.6 Å². The predicted molar refractivity (Wildman–Crippen MR) is 95.8 cm³/mol. The highest BCUT2D eigenvalue weighted by Crippen LogP contribution is 2.42. The molecule has 0 aromatic carbocycles. The lowest BCUT2D eigenvalue weighted by atomic mass is 9.95. The number of nitrogens with two attached hydrogens (primary N) is 1. The number of amides is 1. The zero-order chi connectivity index (χ0) is 19.0. The highest BCUT2D eigenvalue weighted by atomic mass is 16.6. The molecular weight excluding hydrogens is 350 g/mol. The Morgan fingerprint density at radius 2 is 2.30 bits per heavy atom. The van der Waals surface area contributed by atoms with Crippen molar-refractivity contribution >= 4 is 17.9 Å². The van der Waals surface area contributed by atoms with Gasteiger partial charge in [-0.15, -0.1) is 5.10 Å². The van der Waals surface area contributed by atoms with Crippen molar-refractivity contribution in [1.82, 2.24) is 35.6 Å². The Balaban J connectivity index is 1.52. The molecule has 2 aliphatic rings. The molecule has 4 rings (SSSR count). The Hall–Kier alpha value is -3.08. The number of nitrogens with zero attached hydrogens (tertiary/aromatic N) is 7. The van der Waals surface area contributed by atoms with E-state index in [4.69, 9.17) is 5.73 Å². The number of rotatable bonds is 6. The molecule has 11 nitrogen and oxygen atoms in total. The summed E-state index contributed by atoms with van der Waals surface area (Å²) in [6.07, 6.45) is 8.59. The van der Waals surface area contributed by atoms with E-state index in [9.17, 15) is 4.79 Å². The second kappa shape index (κ2) is 6.91. The van der Waals surface area contributed by atoms with Crippen molar-refractivity contribution in [3.05, 3.63) is 23.5 Å². The third-order valence-electron chi connectivity index (χ3n) is 4.90. The highest BCUT2D eigenvalue weighted by Gasteiger charge is 2.34. The van der Waals surface area contributed by atoms with Gasteiger partial charge in [0.25, 0.3) is 5.91 Å². The number of hydrogen-bond donors (Lipinski definition) is 2. The van der Waals surface area contributed by atoms with Gasteiger partial charge in [0.2, 0.25) is 11.6 Å². The highest BCUT2D eigenvalue weighted by molar-refractivity contribution is 5.93. The Morgan fingerprint density at radius 3 is 2.93 bits per heavy atom. The lowest BCUT2D eigenvalue weighted by Gasteiger charge is -2.12. The fourth-order valence-corrected chi connectivity index (χ4v) is 3.67. The molecule has 11 heteroatoms. The van der Waals surface area contributed by atoms with Crippen molar-refractivity contribution in [1.29, 1.82) is 0 Å². The van der Waals surface area contributed by atoms with E-state index in [2.05, 4.69) is 47.9 Å². The quantitative estimate of drug-likeness (QED) is 0.417. The average molecular weight is 371 g/mol. The van der Waals surface area contributed by atoms with Crippen LogP contribution in [0.3, 0.4) is 0 Å². The van der Waals surface area contributed by atoms with E-state index in [1.807, 2.05) is 25.2 Å². The number of hydrazone groups is 1. The number of carbonyl (C=O) groups is 1. The first-order chi connectivity index (χ1) is 13.0. The van der Waals surface area contributed by atoms with Crippen LogP contribution in [0.15, 0.2) is 21.9 Å². The molecule has 0 radical (unpaired) electrons. The van der Waals surface area contributed by atoms with Crippen LogP contribution in [-0.2, 0) is 6.54 Å². The number of anilines is 1. The molecular formula is C16H21N9O2. The largest absolute Gasteiger partial charge is 0.378 e. The maximum absolute atomic E-state index is 12.6. The number of hydrogen-bond acceptors (Lipinski definition) is 9. The van der Waals surface area contributed by atoms with Crippen LogP contribution in [0.5, 0.6) is 0 Å². The number of fused-ring (bicyclic) bond motifs is 2. The minimum Gasteiger partial charge on any atom is -0.378 e. The normalized spacial score (nSPS) is 23.7. The van der Waals surface area contributed by atoms with Crippen LogP contribution < -0.4 is 11.2 Å². The molecule has 142 valence electrons. The molecule has 1 fully saturated rings. The van der Waals surface area contributed by atoms with Crippen molar-refractivity contribution in [2.24, 2.45) is 22.9 Å². The van der Waals surface area contributed by atoms with Gasteiger partial charge >= 0.3 is 0 Å². The molecule has 0 spiro atoms. The third-order valence-corrected chi connectivity index (χ3v) is 4.90. The minimum atomic E-state index is -0.442. The van der Waals surface area contributed by atoms with Crippen LogP contribution in [-0.4, -0.2) is 56.4 Å². The van der Waals surface area contributed by atoms with E-state index in [1.54, 1.807) is 0 Å². The fourth-order valence-electron chi connectivity index (χ4n) is 3.67. The van der Waals surface area contributed by atoms with E-state index < -0.39 is 5.91 Å². The van der Waals surface area contributed by atoms with Crippen LogP contribution in [0.4, 0.5) is 5.82 Å². The Kier molecular flexibility index (Phi) is 4.44. The zero-order valence-corrected chi connectivity index (χ0v) is 15.1. The van der Waals surface area contributed by atoms with Crippen LogP contribution >= 0.6 is 0 Å². The molecule has 1 saturated carbocycles. The van der Waals surface area contributed by atoms with E-state index in [1.165, 1.54) is 11.1 Å². The number of nitrogens with one attached hydrogen (secondary N) is 1. The van der Waals surface area contributed by atoms with E-state index in [-0.39, 0.29) is 17.3 Å². The van der Waals surface area contributed by atoms with Crippen molar-refractivity contribution in [2.45, 2.75) is 19.4 Å². The summed E-state index contributed by atoms with van der Waals surface area (Å²) in [5.74, 6) is 1.37. The number of aromatic nitrogens is 5. The van der Waals surface area contributed by atoms with E-state index in [0.29, 0.717) is 30.0 Å². The second-order valence-corrected chi connectivity index (χ2v) is 7.17. The van der Waals surface area contributed by atoms with E-state index >= 15 is 0 Å². The second-order valence-electron chi connectivity index (χ2n) is 7.17. The smallest absolute Gasteiger partial charge is 0.293 e. The van der Waals surface area contributed by atoms with Gasteiger partial charge in [0.15, 0.2) is 5.69 Å². The van der Waals surface area contributed by atoms with Gasteiger partial charge in [-0.2, -0.15) is 9.78 Å². The SMILES string of the molecule is CN(C)Cc1c(C(=O)N/N=C\[C@H]2C[C@H]3C=C[C@H]2C3)nnn1-c1nonc1N. The van der Waals surface area contributed by atoms with Gasteiger partial charge in [-0.3, -0.25) is 4.79 Å². The Bertz CT molecular complexity index is 898. The number of allylic oxidation sites excluding steroid dienone is 2. The van der Waals surface area contributed by atoms with E-state index in [0.717, 1.165) is 6.42 Å². The fraction of sp³-hybridized carbons (Fsp3) is 0.500. The first kappa shape index (κ1) is 17.3. The Labute approximate surface area is 155 Å². The summed E-state index contributed by atoms with van der Waals surface area (Å²) in [6.45, 7) is 0.392. The molecule has 0 aliphatic heterocycles. The molecule has 3 atom stereocenters. The molecule has 3 N–H and O–H groups in total. The summed E-state index contributed by atoms with van der Waals surface area (Å²) < 4.78 is 5.97. The average Bonchev–Trinajstić information content (AvgIpc) is 3.38. The maximum Gasteiger partial charge on any atom is 0.293 e. The molecule has 27 heavy (non-hydrogen) atoms. The summed E-state index contributed by atoms with van der Waals surface area (Å²) in [4.78, 5) is 14.5. The lowest BCUT2D eigenvalue weighted by Crippen LogP contribution is -2.24. The van der Waals surface area contributed by atoms with Crippen LogP contribution in [0.1, 0.15) is 29.0 Å². The standard InChI is InChI=1S/C16H21N9O2/c1-24(2)8-12-13(19-23-25(12)15-14(17)21-27-22-15)16(26)20-18-7-11-6-9-3-4-10(11)5-9/h3-4,7,9-11H,5-6,8H2,1-2H3,(H2,17,21)(H,20,26)/b18-7-/t9-,10-,11+/m0/s1. The van der Waals surface area contributed by atoms with Crippen LogP contribution in [0.25, 0.3) is 5.82 Å². The molecule has 2 bridgehead atoms. The molecule has 0 unspecified atom stereocenters. The predicted octanol–water partition coefficient (Wildman–Crippen LogP) is 0.222. The minimum absolute atomic E-state index is 0.0641. The van der Waals surface area contributed by atoms with Crippen molar-refractivity contribution in [3.8, 4) is 5.82 Å².